The van der Waals surface area contributed by atoms with Crippen LogP contribution in [0.5, 0.6) is 0 Å². The lowest BCUT2D eigenvalue weighted by Gasteiger charge is -2.55. The normalized spacial score (nSPS) is 31.2. The number of nitrogens with one attached hydrogen (secondary N) is 2. The maximum Gasteiger partial charge on any atom is 0.243 e. The standard InChI is InChI=1S/C21H25N3O2S/c1-12-23-17-3-2-16(7-18(17)27-12)24-19(25)11-22-20(26)21-8-13-4-14(9-21)6-15(5-13)10-21/h2-3,7,13-15H,4-6,8-11H2,1H3,(H,22,26)(H,24,25). The minimum absolute atomic E-state index is 0.0420. The van der Waals surface area contributed by atoms with Gasteiger partial charge < -0.3 is 10.6 Å². The van der Waals surface area contributed by atoms with Gasteiger partial charge in [0.05, 0.1) is 21.8 Å². The molecule has 4 bridgehead atoms. The SMILES string of the molecule is Cc1nc2ccc(NC(=O)CNC(=O)C34CC5CC(CC(C5)C3)C4)cc2s1. The first-order valence-corrected chi connectivity index (χ1v) is 10.8. The van der Waals surface area contributed by atoms with Crippen molar-refractivity contribution in [2.24, 2.45) is 23.2 Å². The Balaban J connectivity index is 1.20. The van der Waals surface area contributed by atoms with Gasteiger partial charge in [0.25, 0.3) is 0 Å². The van der Waals surface area contributed by atoms with E-state index in [-0.39, 0.29) is 23.8 Å². The summed E-state index contributed by atoms with van der Waals surface area (Å²) in [6.45, 7) is 2.02. The molecule has 6 rings (SSSR count). The third-order valence-electron chi connectivity index (χ3n) is 6.71. The maximum absolute atomic E-state index is 12.9. The molecular weight excluding hydrogens is 358 g/mol. The van der Waals surface area contributed by atoms with E-state index in [0.29, 0.717) is 0 Å². The molecule has 0 saturated heterocycles. The molecule has 0 unspecified atom stereocenters. The second-order valence-corrected chi connectivity index (χ2v) is 10.1. The van der Waals surface area contributed by atoms with Crippen molar-refractivity contribution in [3.63, 3.8) is 0 Å². The molecule has 2 amide bonds. The van der Waals surface area contributed by atoms with Crippen molar-refractivity contribution < 1.29 is 9.59 Å². The predicted molar refractivity (Wildman–Crippen MR) is 107 cm³/mol. The topological polar surface area (TPSA) is 71.1 Å². The van der Waals surface area contributed by atoms with Gasteiger partial charge >= 0.3 is 0 Å². The molecule has 1 aromatic carbocycles. The highest BCUT2D eigenvalue weighted by molar-refractivity contribution is 7.18. The number of benzene rings is 1. The van der Waals surface area contributed by atoms with E-state index in [1.165, 1.54) is 19.3 Å². The number of thiazole rings is 1. The van der Waals surface area contributed by atoms with Crippen molar-refractivity contribution in [3.05, 3.63) is 23.2 Å². The number of nitrogens with zero attached hydrogens (tertiary/aromatic N) is 1. The molecule has 0 radical (unpaired) electrons. The van der Waals surface area contributed by atoms with Crippen LogP contribution in [0, 0.1) is 30.1 Å². The van der Waals surface area contributed by atoms with E-state index in [9.17, 15) is 9.59 Å². The van der Waals surface area contributed by atoms with Gasteiger partial charge in [0.15, 0.2) is 0 Å². The zero-order valence-electron chi connectivity index (χ0n) is 15.6. The summed E-state index contributed by atoms with van der Waals surface area (Å²) in [7, 11) is 0. The van der Waals surface area contributed by atoms with Gasteiger partial charge in [-0.1, -0.05) is 0 Å². The number of amides is 2. The van der Waals surface area contributed by atoms with E-state index in [1.54, 1.807) is 11.3 Å². The van der Waals surface area contributed by atoms with E-state index in [0.717, 1.165) is 57.9 Å². The summed E-state index contributed by atoms with van der Waals surface area (Å²) >= 11 is 1.61. The first kappa shape index (κ1) is 17.2. The van der Waals surface area contributed by atoms with Crippen LogP contribution in [0.1, 0.15) is 43.5 Å². The monoisotopic (exact) mass is 383 g/mol. The summed E-state index contributed by atoms with van der Waals surface area (Å²) in [4.78, 5) is 29.7. The van der Waals surface area contributed by atoms with Crippen LogP contribution in [0.2, 0.25) is 0 Å². The Bertz CT molecular complexity index is 884. The van der Waals surface area contributed by atoms with Crippen LogP contribution < -0.4 is 10.6 Å². The van der Waals surface area contributed by atoms with Crippen LogP contribution in [0.25, 0.3) is 10.2 Å². The lowest BCUT2D eigenvalue weighted by Crippen LogP contribution is -2.54. The molecule has 4 aliphatic rings. The predicted octanol–water partition coefficient (Wildman–Crippen LogP) is 3.88. The van der Waals surface area contributed by atoms with E-state index in [4.69, 9.17) is 0 Å². The molecule has 0 spiro atoms. The number of anilines is 1. The number of carbonyl (C=O) groups is 2. The van der Waals surface area contributed by atoms with Crippen LogP contribution in [-0.2, 0) is 9.59 Å². The van der Waals surface area contributed by atoms with Gasteiger partial charge in [-0.05, 0) is 81.4 Å². The molecular formula is C21H25N3O2S. The Morgan fingerprint density at radius 3 is 2.48 bits per heavy atom. The largest absolute Gasteiger partial charge is 0.347 e. The second-order valence-electron chi connectivity index (χ2n) is 8.84. The average molecular weight is 384 g/mol. The van der Waals surface area contributed by atoms with Gasteiger partial charge in [0, 0.05) is 11.1 Å². The highest BCUT2D eigenvalue weighted by atomic mass is 32.1. The van der Waals surface area contributed by atoms with E-state index < -0.39 is 0 Å². The number of aromatic nitrogens is 1. The zero-order valence-corrected chi connectivity index (χ0v) is 16.4. The molecule has 5 nitrogen and oxygen atoms in total. The molecule has 142 valence electrons. The zero-order chi connectivity index (χ0) is 18.6. The Labute approximate surface area is 162 Å². The first-order chi connectivity index (χ1) is 13.0. The van der Waals surface area contributed by atoms with Crippen molar-refractivity contribution in [2.45, 2.75) is 45.4 Å². The van der Waals surface area contributed by atoms with Crippen molar-refractivity contribution in [2.75, 3.05) is 11.9 Å². The third-order valence-corrected chi connectivity index (χ3v) is 7.64. The smallest absolute Gasteiger partial charge is 0.243 e. The van der Waals surface area contributed by atoms with E-state index in [2.05, 4.69) is 15.6 Å². The molecule has 0 aliphatic heterocycles. The van der Waals surface area contributed by atoms with Gasteiger partial charge in [0.1, 0.15) is 0 Å². The lowest BCUT2D eigenvalue weighted by molar-refractivity contribution is -0.146. The molecule has 1 heterocycles. The Morgan fingerprint density at radius 1 is 1.15 bits per heavy atom. The minimum Gasteiger partial charge on any atom is -0.347 e. The quantitative estimate of drug-likeness (QED) is 0.842. The molecule has 4 saturated carbocycles. The molecule has 4 aliphatic carbocycles. The highest BCUT2D eigenvalue weighted by Crippen LogP contribution is 2.60. The summed E-state index contributed by atoms with van der Waals surface area (Å²) in [6.07, 6.45) is 7.00. The summed E-state index contributed by atoms with van der Waals surface area (Å²) in [5.41, 5.74) is 1.50. The van der Waals surface area contributed by atoms with Gasteiger partial charge in [-0.15, -0.1) is 11.3 Å². The molecule has 1 aromatic heterocycles. The molecule has 27 heavy (non-hydrogen) atoms. The van der Waals surface area contributed by atoms with Crippen LogP contribution in [0.3, 0.4) is 0 Å². The number of carbonyl (C=O) groups excluding carboxylic acids is 2. The fraction of sp³-hybridized carbons (Fsp3) is 0.571. The van der Waals surface area contributed by atoms with Crippen molar-refractivity contribution in [1.29, 1.82) is 0 Å². The van der Waals surface area contributed by atoms with Crippen LogP contribution >= 0.6 is 11.3 Å². The number of fused-ring (bicyclic) bond motifs is 1. The maximum atomic E-state index is 12.9. The van der Waals surface area contributed by atoms with Gasteiger partial charge in [-0.3, -0.25) is 9.59 Å². The molecule has 4 fully saturated rings. The minimum atomic E-state index is -0.200. The summed E-state index contributed by atoms with van der Waals surface area (Å²) < 4.78 is 1.06. The van der Waals surface area contributed by atoms with Crippen molar-refractivity contribution in [1.82, 2.24) is 10.3 Å². The number of rotatable bonds is 4. The van der Waals surface area contributed by atoms with Gasteiger partial charge in [-0.2, -0.15) is 0 Å². The Kier molecular flexibility index (Phi) is 4.00. The molecule has 2 N–H and O–H groups in total. The average Bonchev–Trinajstić information content (AvgIpc) is 2.97. The van der Waals surface area contributed by atoms with E-state index >= 15 is 0 Å². The van der Waals surface area contributed by atoms with Gasteiger partial charge in [0.2, 0.25) is 11.8 Å². The highest BCUT2D eigenvalue weighted by Gasteiger charge is 2.54. The van der Waals surface area contributed by atoms with E-state index in [1.807, 2.05) is 25.1 Å². The van der Waals surface area contributed by atoms with Crippen molar-refractivity contribution >= 4 is 39.1 Å². The summed E-state index contributed by atoms with van der Waals surface area (Å²) in [5.74, 6) is 2.11. The van der Waals surface area contributed by atoms with Gasteiger partial charge in [-0.25, -0.2) is 4.98 Å². The molecule has 0 atom stereocenters. The number of aryl methyl sites for hydroxylation is 1. The second kappa shape index (κ2) is 6.30. The molecule has 6 heteroatoms. The summed E-state index contributed by atoms with van der Waals surface area (Å²) in [6, 6.07) is 5.72. The number of hydrogen-bond acceptors (Lipinski definition) is 4. The fourth-order valence-corrected chi connectivity index (χ4v) is 6.93. The number of hydrogen-bond donors (Lipinski definition) is 2. The Hall–Kier alpha value is -1.95. The molecule has 2 aromatic rings. The fourth-order valence-electron chi connectivity index (χ4n) is 6.06. The lowest BCUT2D eigenvalue weighted by atomic mass is 9.49. The third kappa shape index (κ3) is 3.14. The van der Waals surface area contributed by atoms with Crippen LogP contribution in [0.15, 0.2) is 18.2 Å². The first-order valence-electron chi connectivity index (χ1n) is 9.94. The van der Waals surface area contributed by atoms with Crippen molar-refractivity contribution in [3.8, 4) is 0 Å². The Morgan fingerprint density at radius 2 is 1.81 bits per heavy atom. The van der Waals surface area contributed by atoms with Crippen LogP contribution in [-0.4, -0.2) is 23.3 Å². The summed E-state index contributed by atoms with van der Waals surface area (Å²) in [5, 5.41) is 6.85. The van der Waals surface area contributed by atoms with Crippen LogP contribution in [0.4, 0.5) is 5.69 Å².